The molecular formula is C16H14FN3S. The van der Waals surface area contributed by atoms with Gasteiger partial charge in [0.15, 0.2) is 5.13 Å². The van der Waals surface area contributed by atoms with Crippen molar-refractivity contribution in [2.75, 3.05) is 11.9 Å². The number of rotatable bonds is 4. The van der Waals surface area contributed by atoms with Crippen molar-refractivity contribution < 1.29 is 4.39 Å². The van der Waals surface area contributed by atoms with Gasteiger partial charge in [0.25, 0.3) is 0 Å². The molecule has 5 heteroatoms. The van der Waals surface area contributed by atoms with Crippen LogP contribution >= 0.6 is 11.3 Å². The molecule has 3 rings (SSSR count). The van der Waals surface area contributed by atoms with E-state index in [-0.39, 0.29) is 5.82 Å². The third kappa shape index (κ3) is 3.25. The van der Waals surface area contributed by atoms with Gasteiger partial charge in [-0.15, -0.1) is 11.3 Å². The molecule has 0 radical (unpaired) electrons. The van der Waals surface area contributed by atoms with Crippen LogP contribution in [0, 0.1) is 5.82 Å². The molecule has 21 heavy (non-hydrogen) atoms. The first-order valence-electron chi connectivity index (χ1n) is 6.54. The predicted octanol–water partition coefficient (Wildman–Crippen LogP) is 3.98. The number of hydrogen-bond acceptors (Lipinski definition) is 4. The second-order valence-electron chi connectivity index (χ2n) is 4.73. The van der Waals surface area contributed by atoms with Crippen LogP contribution in [0.4, 0.5) is 9.52 Å². The van der Waals surface area contributed by atoms with Crippen LogP contribution in [0.1, 0.15) is 5.56 Å². The molecule has 0 spiro atoms. The Morgan fingerprint density at radius 2 is 1.81 bits per heavy atom. The van der Waals surface area contributed by atoms with Gasteiger partial charge in [-0.05, 0) is 42.0 Å². The number of halogens is 1. The minimum Gasteiger partial charge on any atom is -0.347 e. The average Bonchev–Trinajstić information content (AvgIpc) is 2.99. The summed E-state index contributed by atoms with van der Waals surface area (Å²) in [7, 11) is 2.01. The zero-order chi connectivity index (χ0) is 14.7. The zero-order valence-electron chi connectivity index (χ0n) is 11.5. The summed E-state index contributed by atoms with van der Waals surface area (Å²) in [5, 5.41) is 2.93. The first kappa shape index (κ1) is 13.7. The molecule has 2 aromatic heterocycles. The highest BCUT2D eigenvalue weighted by molar-refractivity contribution is 7.14. The molecular weight excluding hydrogens is 285 g/mol. The summed E-state index contributed by atoms with van der Waals surface area (Å²) < 4.78 is 12.9. The van der Waals surface area contributed by atoms with Gasteiger partial charge in [-0.2, -0.15) is 0 Å². The summed E-state index contributed by atoms with van der Waals surface area (Å²) in [6.45, 7) is 0.777. The number of thiazole rings is 1. The van der Waals surface area contributed by atoms with Crippen LogP contribution in [-0.2, 0) is 6.54 Å². The lowest BCUT2D eigenvalue weighted by atomic mass is 10.2. The van der Waals surface area contributed by atoms with E-state index < -0.39 is 0 Å². The van der Waals surface area contributed by atoms with E-state index in [1.165, 1.54) is 17.7 Å². The molecule has 0 aliphatic carbocycles. The van der Waals surface area contributed by atoms with E-state index in [0.29, 0.717) is 0 Å². The molecule has 0 bridgehead atoms. The third-order valence-corrected chi connectivity index (χ3v) is 4.08. The van der Waals surface area contributed by atoms with Gasteiger partial charge in [0.05, 0.1) is 5.69 Å². The Morgan fingerprint density at radius 1 is 1.10 bits per heavy atom. The summed E-state index contributed by atoms with van der Waals surface area (Å²) in [5.41, 5.74) is 2.99. The number of anilines is 1. The summed E-state index contributed by atoms with van der Waals surface area (Å²) in [5.74, 6) is -0.232. The molecule has 106 valence electrons. The maximum Gasteiger partial charge on any atom is 0.185 e. The largest absolute Gasteiger partial charge is 0.347 e. The van der Waals surface area contributed by atoms with Crippen molar-refractivity contribution in [1.82, 2.24) is 9.97 Å². The zero-order valence-corrected chi connectivity index (χ0v) is 12.3. The topological polar surface area (TPSA) is 29.0 Å². The number of hydrogen-bond donors (Lipinski definition) is 0. The van der Waals surface area contributed by atoms with Gasteiger partial charge in [-0.3, -0.25) is 4.98 Å². The molecule has 0 unspecified atom stereocenters. The fourth-order valence-electron chi connectivity index (χ4n) is 2.02. The van der Waals surface area contributed by atoms with E-state index in [2.05, 4.69) is 14.9 Å². The Labute approximate surface area is 126 Å². The molecule has 0 saturated carbocycles. The highest BCUT2D eigenvalue weighted by atomic mass is 32.1. The first-order chi connectivity index (χ1) is 10.2. The Morgan fingerprint density at radius 3 is 2.52 bits per heavy atom. The molecule has 0 N–H and O–H groups in total. The van der Waals surface area contributed by atoms with Crippen molar-refractivity contribution in [2.45, 2.75) is 6.54 Å². The molecule has 0 fully saturated rings. The molecule has 0 aliphatic rings. The second-order valence-corrected chi connectivity index (χ2v) is 5.57. The lowest BCUT2D eigenvalue weighted by Crippen LogP contribution is -2.15. The summed E-state index contributed by atoms with van der Waals surface area (Å²) >= 11 is 1.58. The molecule has 0 saturated heterocycles. The van der Waals surface area contributed by atoms with Crippen LogP contribution in [0.2, 0.25) is 0 Å². The molecule has 3 aromatic rings. The van der Waals surface area contributed by atoms with Crippen molar-refractivity contribution in [2.24, 2.45) is 0 Å². The number of pyridine rings is 1. The van der Waals surface area contributed by atoms with E-state index in [0.717, 1.165) is 22.9 Å². The summed E-state index contributed by atoms with van der Waals surface area (Å²) in [6.07, 6.45) is 3.57. The minimum atomic E-state index is -0.232. The molecule has 1 aromatic carbocycles. The highest BCUT2D eigenvalue weighted by Gasteiger charge is 2.09. The molecule has 3 nitrogen and oxygen atoms in total. The van der Waals surface area contributed by atoms with Crippen molar-refractivity contribution >= 4 is 16.5 Å². The maximum absolute atomic E-state index is 12.9. The van der Waals surface area contributed by atoms with Crippen LogP contribution in [0.15, 0.2) is 54.2 Å². The highest BCUT2D eigenvalue weighted by Crippen LogP contribution is 2.27. The van der Waals surface area contributed by atoms with Crippen molar-refractivity contribution in [3.05, 3.63) is 65.6 Å². The van der Waals surface area contributed by atoms with Gasteiger partial charge < -0.3 is 4.90 Å². The lowest BCUT2D eigenvalue weighted by Gasteiger charge is -2.15. The number of benzene rings is 1. The van der Waals surface area contributed by atoms with E-state index >= 15 is 0 Å². The maximum atomic E-state index is 12.9. The smallest absolute Gasteiger partial charge is 0.185 e. The summed E-state index contributed by atoms with van der Waals surface area (Å²) in [6, 6.07) is 10.4. The Balaban J connectivity index is 1.76. The van der Waals surface area contributed by atoms with Gasteiger partial charge in [-0.1, -0.05) is 0 Å². The molecule has 0 aliphatic heterocycles. The van der Waals surface area contributed by atoms with Gasteiger partial charge in [0.2, 0.25) is 0 Å². The summed E-state index contributed by atoms with van der Waals surface area (Å²) in [4.78, 5) is 10.7. The normalized spacial score (nSPS) is 10.6. The Bertz CT molecular complexity index is 710. The van der Waals surface area contributed by atoms with E-state index in [4.69, 9.17) is 0 Å². The molecule has 2 heterocycles. The van der Waals surface area contributed by atoms with Crippen LogP contribution in [-0.4, -0.2) is 17.0 Å². The van der Waals surface area contributed by atoms with Crippen LogP contribution < -0.4 is 4.90 Å². The standard InChI is InChI=1S/C16H14FN3S/c1-20(10-12-6-8-18-9-7-12)16-19-15(11-21-16)13-2-4-14(17)5-3-13/h2-9,11H,10H2,1H3. The Kier molecular flexibility index (Phi) is 3.92. The van der Waals surface area contributed by atoms with Crippen LogP contribution in [0.5, 0.6) is 0 Å². The third-order valence-electron chi connectivity index (χ3n) is 3.13. The quantitative estimate of drug-likeness (QED) is 0.729. The fourth-order valence-corrected chi connectivity index (χ4v) is 2.82. The van der Waals surface area contributed by atoms with Gasteiger partial charge >= 0.3 is 0 Å². The van der Waals surface area contributed by atoms with Crippen molar-refractivity contribution in [1.29, 1.82) is 0 Å². The lowest BCUT2D eigenvalue weighted by molar-refractivity contribution is 0.628. The van der Waals surface area contributed by atoms with E-state index in [1.54, 1.807) is 35.9 Å². The van der Waals surface area contributed by atoms with Gasteiger partial charge in [0.1, 0.15) is 5.82 Å². The van der Waals surface area contributed by atoms with Crippen molar-refractivity contribution in [3.63, 3.8) is 0 Å². The fraction of sp³-hybridized carbons (Fsp3) is 0.125. The van der Waals surface area contributed by atoms with Gasteiger partial charge in [-0.25, -0.2) is 9.37 Å². The number of aromatic nitrogens is 2. The molecule has 0 amide bonds. The molecule has 0 atom stereocenters. The van der Waals surface area contributed by atoms with E-state index in [1.807, 2.05) is 24.6 Å². The predicted molar refractivity (Wildman–Crippen MR) is 83.9 cm³/mol. The van der Waals surface area contributed by atoms with Crippen LogP contribution in [0.25, 0.3) is 11.3 Å². The van der Waals surface area contributed by atoms with Crippen LogP contribution in [0.3, 0.4) is 0 Å². The Hall–Kier alpha value is -2.27. The monoisotopic (exact) mass is 299 g/mol. The second kappa shape index (κ2) is 6.01. The SMILES string of the molecule is CN(Cc1ccncc1)c1nc(-c2ccc(F)cc2)cs1. The first-order valence-corrected chi connectivity index (χ1v) is 7.42. The number of nitrogens with zero attached hydrogens (tertiary/aromatic N) is 3. The van der Waals surface area contributed by atoms with E-state index in [9.17, 15) is 4.39 Å². The minimum absolute atomic E-state index is 0.232. The average molecular weight is 299 g/mol. The van der Waals surface area contributed by atoms with Gasteiger partial charge in [0, 0.05) is 36.9 Å². The van der Waals surface area contributed by atoms with Crippen molar-refractivity contribution in [3.8, 4) is 11.3 Å².